The number of aromatic nitrogens is 3. The van der Waals surface area contributed by atoms with E-state index in [2.05, 4.69) is 56.2 Å². The molecule has 0 aliphatic rings. The van der Waals surface area contributed by atoms with E-state index in [1.54, 1.807) is 92.7 Å². The summed E-state index contributed by atoms with van der Waals surface area (Å²) in [5.74, 6) is -0.363. The second kappa shape index (κ2) is 26.8. The average molecular weight is 1190 g/mol. The van der Waals surface area contributed by atoms with E-state index in [1.165, 1.54) is 36.4 Å². The van der Waals surface area contributed by atoms with Crippen molar-refractivity contribution < 1.29 is 61.4 Å². The van der Waals surface area contributed by atoms with E-state index < -0.39 is 56.9 Å². The summed E-state index contributed by atoms with van der Waals surface area (Å²) in [7, 11) is -17.9. The van der Waals surface area contributed by atoms with Crippen LogP contribution in [0.15, 0.2) is 172 Å². The van der Waals surface area contributed by atoms with Gasteiger partial charge in [0.1, 0.15) is 33.7 Å². The first-order chi connectivity index (χ1) is 38.4. The van der Waals surface area contributed by atoms with Gasteiger partial charge in [0.2, 0.25) is 5.95 Å². The Balaban J connectivity index is 1.17. The van der Waals surface area contributed by atoms with Crippen LogP contribution in [0.2, 0.25) is 0 Å². The minimum Gasteiger partial charge on any atom is -0.493 e. The quantitative estimate of drug-likeness (QED) is 0.0191. The average Bonchev–Trinajstić information content (AvgIpc) is 3.59. The Morgan fingerprint density at radius 1 is 0.481 bits per heavy atom. The second-order valence-corrected chi connectivity index (χ2v) is 23.6. The molecule has 0 radical (unpaired) electrons. The van der Waals surface area contributed by atoms with Gasteiger partial charge in [-0.15, -0.1) is 5.11 Å². The molecule has 0 saturated heterocycles. The molecule has 0 amide bonds. The lowest BCUT2D eigenvalue weighted by Crippen LogP contribution is -2.18. The molecule has 7 aromatic rings. The van der Waals surface area contributed by atoms with E-state index in [0.29, 0.717) is 62.9 Å². The van der Waals surface area contributed by atoms with Crippen molar-refractivity contribution in [2.24, 2.45) is 40.9 Å². The highest BCUT2D eigenvalue weighted by molar-refractivity contribution is 7.86. The predicted octanol–water partition coefficient (Wildman–Crippen LogP) is 11.6. The van der Waals surface area contributed by atoms with Crippen LogP contribution in [0.3, 0.4) is 0 Å². The topological polar surface area (TPSA) is 386 Å². The summed E-state index contributed by atoms with van der Waals surface area (Å²) in [6.45, 7) is 5.24. The van der Waals surface area contributed by atoms with Gasteiger partial charge in [-0.05, 0) is 129 Å². The molecule has 30 heteroatoms. The predicted molar refractivity (Wildman–Crippen MR) is 297 cm³/mol. The highest BCUT2D eigenvalue weighted by atomic mass is 32.2. The summed E-state index contributed by atoms with van der Waals surface area (Å²) < 4.78 is 145. The van der Waals surface area contributed by atoms with Gasteiger partial charge in [0.05, 0.1) is 69.4 Å². The third-order valence-corrected chi connectivity index (χ3v) is 14.4. The fourth-order valence-corrected chi connectivity index (χ4v) is 9.24. The third-order valence-electron chi connectivity index (χ3n) is 11.2. The van der Waals surface area contributed by atoms with Gasteiger partial charge in [0.15, 0.2) is 0 Å². The van der Waals surface area contributed by atoms with Crippen molar-refractivity contribution in [1.29, 1.82) is 0 Å². The molecular weight excluding hydrogens is 1130 g/mol. The summed E-state index contributed by atoms with van der Waals surface area (Å²) in [5, 5.41) is 36.5. The molecule has 6 aromatic carbocycles. The maximum absolute atomic E-state index is 12.5. The third kappa shape index (κ3) is 19.0. The smallest absolute Gasteiger partial charge is 0.296 e. The summed E-state index contributed by atoms with van der Waals surface area (Å²) in [5.41, 5.74) is 4.58. The highest BCUT2D eigenvalue weighted by Gasteiger charge is 2.20. The lowest BCUT2D eigenvalue weighted by molar-refractivity contribution is 0.313. The molecule has 0 unspecified atom stereocenters. The van der Waals surface area contributed by atoms with Crippen LogP contribution in [0.5, 0.6) is 11.5 Å². The molecule has 0 spiro atoms. The Bertz CT molecular complexity index is 3990. The first kappa shape index (κ1) is 60.4. The summed E-state index contributed by atoms with van der Waals surface area (Å²) >= 11 is 0. The minimum atomic E-state index is -4.80. The zero-order valence-electron chi connectivity index (χ0n) is 43.3. The number of anilines is 1. The maximum atomic E-state index is 12.5. The van der Waals surface area contributed by atoms with Crippen molar-refractivity contribution in [3.8, 4) is 11.5 Å². The van der Waals surface area contributed by atoms with E-state index in [9.17, 15) is 51.9 Å². The van der Waals surface area contributed by atoms with Gasteiger partial charge >= 0.3 is 0 Å². The zero-order chi connectivity index (χ0) is 58.4. The molecule has 0 bridgehead atoms. The lowest BCUT2D eigenvalue weighted by Gasteiger charge is -2.16. The van der Waals surface area contributed by atoms with Crippen molar-refractivity contribution in [3.63, 3.8) is 0 Å². The van der Waals surface area contributed by atoms with Crippen LogP contribution in [-0.2, 0) is 53.3 Å². The van der Waals surface area contributed by atoms with Crippen molar-refractivity contribution in [2.75, 3.05) is 36.6 Å². The molecule has 0 atom stereocenters. The molecule has 7 rings (SSSR count). The second-order valence-electron chi connectivity index (χ2n) is 17.6. The Hall–Kier alpha value is -8.23. The Morgan fingerprint density at radius 2 is 0.938 bits per heavy atom. The number of benzene rings is 6. The van der Waals surface area contributed by atoms with E-state index in [0.717, 1.165) is 6.07 Å². The normalized spacial score (nSPS) is 12.5. The van der Waals surface area contributed by atoms with E-state index in [1.807, 2.05) is 6.92 Å². The number of ether oxygens (including phenoxy) is 2. The SMILES string of the molecule is CCCOc1cc(N=Nc2ccc(N=Nc3ccccc3)cc2S(=O)(=O)O)c(C)cc1Cc1nc(Cc2cc(C)c(N=Nc3ccc(N=Nc4ccc(S(=O)(=O)O)cc4)cc3)cc2OCCCS(=O)(=O)O)nc(NCCS(=O)(=O)O)n1. The molecule has 424 valence electrons. The standard InChI is InChI=1S/C51H52N12O14S4/c1-4-22-76-46-32-45(63-61-43-20-17-41(30-48(43)81(73,74)75)60-56-37-9-6-5-7-10-37)34(3)27-35(46)28-49-53-50(55-51(54-49)52-21-25-79(67,68)69)29-36-26-33(2)44(31-47(36)77-23-8-24-78(64,65)66)62-59-39-13-11-38(12-14-39)57-58-40-15-18-42(19-16-40)80(70,71)72/h5-7,9-20,26-27,30-32H,4,8,21-25,28-29H2,1-3H3,(H,64,65,66)(H,67,68,69)(H,70,71,72)(H,73,74,75)(H,52,53,54,55). The monoisotopic (exact) mass is 1180 g/mol. The first-order valence-corrected chi connectivity index (χ1v) is 30.4. The number of azo groups is 4. The summed E-state index contributed by atoms with van der Waals surface area (Å²) in [4.78, 5) is 13.0. The highest BCUT2D eigenvalue weighted by Crippen LogP contribution is 2.36. The number of hydrogen-bond acceptors (Lipinski definition) is 22. The van der Waals surface area contributed by atoms with E-state index in [4.69, 9.17) is 14.5 Å². The van der Waals surface area contributed by atoms with Gasteiger partial charge in [-0.2, -0.15) is 79.4 Å². The number of rotatable bonds is 26. The minimum absolute atomic E-state index is 0.0142. The molecule has 26 nitrogen and oxygen atoms in total. The lowest BCUT2D eigenvalue weighted by atomic mass is 10.0. The van der Waals surface area contributed by atoms with Crippen LogP contribution in [0, 0.1) is 13.8 Å². The maximum Gasteiger partial charge on any atom is 0.296 e. The van der Waals surface area contributed by atoms with Gasteiger partial charge in [-0.3, -0.25) is 18.2 Å². The van der Waals surface area contributed by atoms with Crippen molar-refractivity contribution in [2.45, 2.75) is 56.2 Å². The van der Waals surface area contributed by atoms with Crippen LogP contribution in [0.25, 0.3) is 0 Å². The fourth-order valence-electron chi connectivity index (χ4n) is 7.28. The number of hydrogen-bond donors (Lipinski definition) is 5. The molecular formula is C51H52N12O14S4. The van der Waals surface area contributed by atoms with Crippen molar-refractivity contribution >= 4 is 91.9 Å². The number of nitrogens with one attached hydrogen (secondary N) is 1. The van der Waals surface area contributed by atoms with Crippen LogP contribution in [-0.4, -0.2) is 98.1 Å². The van der Waals surface area contributed by atoms with Gasteiger partial charge in [0, 0.05) is 42.6 Å². The Morgan fingerprint density at radius 3 is 1.44 bits per heavy atom. The van der Waals surface area contributed by atoms with E-state index in [-0.39, 0.29) is 84.3 Å². The van der Waals surface area contributed by atoms with Crippen LogP contribution in [0.1, 0.15) is 53.7 Å². The summed E-state index contributed by atoms with van der Waals surface area (Å²) in [6, 6.07) is 31.0. The Labute approximate surface area is 466 Å². The molecule has 1 aromatic heterocycles. The number of nitrogens with zero attached hydrogens (tertiary/aromatic N) is 11. The molecule has 0 fully saturated rings. The van der Waals surface area contributed by atoms with Crippen molar-refractivity contribution in [3.05, 3.63) is 155 Å². The van der Waals surface area contributed by atoms with Crippen molar-refractivity contribution in [1.82, 2.24) is 15.0 Å². The zero-order valence-corrected chi connectivity index (χ0v) is 46.6. The van der Waals surface area contributed by atoms with Gasteiger partial charge in [-0.25, -0.2) is 4.98 Å². The van der Waals surface area contributed by atoms with Crippen LogP contribution in [0.4, 0.5) is 51.4 Å². The molecule has 0 aliphatic heterocycles. The Kier molecular flexibility index (Phi) is 20.0. The first-order valence-electron chi connectivity index (χ1n) is 24.3. The number of aryl methyl sites for hydroxylation is 2. The molecule has 81 heavy (non-hydrogen) atoms. The molecule has 0 saturated carbocycles. The molecule has 0 aliphatic carbocycles. The fraction of sp³-hybridized carbons (Fsp3) is 0.235. The van der Waals surface area contributed by atoms with Gasteiger partial charge in [-0.1, -0.05) is 25.1 Å². The van der Waals surface area contributed by atoms with Crippen LogP contribution < -0.4 is 14.8 Å². The molecule has 1 heterocycles. The molecule has 5 N–H and O–H groups in total. The largest absolute Gasteiger partial charge is 0.493 e. The van der Waals surface area contributed by atoms with Gasteiger partial charge in [0.25, 0.3) is 40.5 Å². The summed E-state index contributed by atoms with van der Waals surface area (Å²) in [6.07, 6.45) is 0.512. The van der Waals surface area contributed by atoms with Gasteiger partial charge < -0.3 is 14.8 Å². The van der Waals surface area contributed by atoms with Crippen LogP contribution >= 0.6 is 0 Å². The van der Waals surface area contributed by atoms with E-state index >= 15 is 0 Å².